The molecule has 1 saturated heterocycles. The molecule has 4 aromatic rings. The van der Waals surface area contributed by atoms with Gasteiger partial charge in [-0.2, -0.15) is 0 Å². The van der Waals surface area contributed by atoms with Gasteiger partial charge < -0.3 is 25.8 Å². The predicted molar refractivity (Wildman–Crippen MR) is 177 cm³/mol. The number of aryl methyl sites for hydroxylation is 1. The van der Waals surface area contributed by atoms with Crippen LogP contribution in [0, 0.1) is 5.92 Å². The minimum atomic E-state index is -1.14. The van der Waals surface area contributed by atoms with Crippen LogP contribution in [0.5, 0.6) is 0 Å². The van der Waals surface area contributed by atoms with Gasteiger partial charge in [-0.25, -0.2) is 4.98 Å². The van der Waals surface area contributed by atoms with Crippen molar-refractivity contribution in [3.8, 4) is 0 Å². The fraction of sp³-hybridized carbons (Fsp3) is 0.389. The summed E-state index contributed by atoms with van der Waals surface area (Å²) in [5.41, 5.74) is 6.90. The van der Waals surface area contributed by atoms with E-state index >= 15 is 0 Å². The molecule has 1 unspecified atom stereocenters. The number of hydrogen-bond acceptors (Lipinski definition) is 5. The lowest BCUT2D eigenvalue weighted by molar-refractivity contribution is -0.135. The van der Waals surface area contributed by atoms with Crippen LogP contribution in [0.2, 0.25) is 0 Å². The van der Waals surface area contributed by atoms with E-state index in [9.17, 15) is 14.4 Å². The fourth-order valence-corrected chi connectivity index (χ4v) is 5.75. The number of nitrogens with zero attached hydrogens (tertiary/aromatic N) is 3. The number of nitrogens with two attached hydrogens (primary N) is 1. The molecule has 3 aromatic carbocycles. The summed E-state index contributed by atoms with van der Waals surface area (Å²) in [6, 6.07) is 22.7. The molecule has 0 radical (unpaired) electrons. The molecule has 2 heterocycles. The van der Waals surface area contributed by atoms with Crippen LogP contribution in [0.25, 0.3) is 10.8 Å². The smallest absolute Gasteiger partial charge is 0.250 e. The molecule has 0 aliphatic carbocycles. The van der Waals surface area contributed by atoms with E-state index < -0.39 is 23.5 Å². The monoisotopic (exact) mass is 608 g/mol. The Balaban J connectivity index is 1.36. The van der Waals surface area contributed by atoms with E-state index in [-0.39, 0.29) is 11.8 Å². The number of anilines is 1. The standard InChI is InChI=1S/C36H44N6O3/c1-25-18-20-41(21-19-25)34(44)32(29-17-16-27-13-7-8-14-28(27)22-29)42-23-31(38-24-42)40-33(43)30(39-35(45)36(2,3)37)15-9-12-26-10-5-4-6-11-26/h4-8,10-11,13-14,16-17,22-25,30,32H,9,12,15,18-21,37H2,1-3H3,(H,39,45)(H,40,43)/t30-,32?/m1/s1. The van der Waals surface area contributed by atoms with Crippen LogP contribution in [0.1, 0.15) is 63.6 Å². The lowest BCUT2D eigenvalue weighted by Gasteiger charge is -2.33. The maximum atomic E-state index is 14.1. The third-order valence-corrected chi connectivity index (χ3v) is 8.58. The summed E-state index contributed by atoms with van der Waals surface area (Å²) in [6.07, 6.45) is 7.11. The summed E-state index contributed by atoms with van der Waals surface area (Å²) < 4.78 is 1.77. The van der Waals surface area contributed by atoms with Crippen molar-refractivity contribution in [1.82, 2.24) is 19.8 Å². The summed E-state index contributed by atoms with van der Waals surface area (Å²) in [5.74, 6) is 0.105. The minimum Gasteiger partial charge on any atom is -0.343 e. The first kappa shape index (κ1) is 31.9. The zero-order valence-corrected chi connectivity index (χ0v) is 26.4. The molecule has 5 rings (SSSR count). The highest BCUT2D eigenvalue weighted by Crippen LogP contribution is 2.28. The van der Waals surface area contributed by atoms with Gasteiger partial charge in [0.2, 0.25) is 17.7 Å². The first-order chi connectivity index (χ1) is 21.6. The zero-order chi connectivity index (χ0) is 32.0. The van der Waals surface area contributed by atoms with Crippen LogP contribution in [-0.2, 0) is 20.8 Å². The van der Waals surface area contributed by atoms with Gasteiger partial charge in [-0.1, -0.05) is 73.7 Å². The normalized spacial score (nSPS) is 15.4. The summed E-state index contributed by atoms with van der Waals surface area (Å²) in [4.78, 5) is 46.8. The predicted octanol–water partition coefficient (Wildman–Crippen LogP) is 5.07. The van der Waals surface area contributed by atoms with Gasteiger partial charge in [0.25, 0.3) is 0 Å². The first-order valence-corrected chi connectivity index (χ1v) is 15.8. The Kier molecular flexibility index (Phi) is 9.98. The van der Waals surface area contributed by atoms with Crippen molar-refractivity contribution in [2.45, 2.75) is 70.5 Å². The average Bonchev–Trinajstić information content (AvgIpc) is 3.48. The van der Waals surface area contributed by atoms with Crippen LogP contribution >= 0.6 is 0 Å². The molecule has 2 atom stereocenters. The number of benzene rings is 3. The molecule has 3 amide bonds. The van der Waals surface area contributed by atoms with E-state index in [4.69, 9.17) is 5.73 Å². The number of nitrogens with one attached hydrogen (secondary N) is 2. The maximum absolute atomic E-state index is 14.1. The largest absolute Gasteiger partial charge is 0.343 e. The van der Waals surface area contributed by atoms with Gasteiger partial charge >= 0.3 is 0 Å². The van der Waals surface area contributed by atoms with Crippen molar-refractivity contribution in [3.63, 3.8) is 0 Å². The van der Waals surface area contributed by atoms with Crippen LogP contribution in [0.15, 0.2) is 85.3 Å². The number of carbonyl (C=O) groups excluding carboxylic acids is 3. The second-order valence-corrected chi connectivity index (χ2v) is 12.8. The maximum Gasteiger partial charge on any atom is 0.250 e. The third-order valence-electron chi connectivity index (χ3n) is 8.58. The van der Waals surface area contributed by atoms with E-state index in [0.717, 1.165) is 41.2 Å². The van der Waals surface area contributed by atoms with Crippen LogP contribution in [-0.4, -0.2) is 56.8 Å². The Bertz CT molecular complexity index is 1620. The minimum absolute atomic E-state index is 0.00341. The number of carbonyl (C=O) groups is 3. The molecule has 0 bridgehead atoms. The number of piperidine rings is 1. The first-order valence-electron chi connectivity index (χ1n) is 15.8. The number of likely N-dealkylation sites (tertiary alicyclic amines) is 1. The number of amides is 3. The lowest BCUT2D eigenvalue weighted by atomic mass is 9.96. The molecule has 0 saturated carbocycles. The van der Waals surface area contributed by atoms with Crippen molar-refractivity contribution in [1.29, 1.82) is 0 Å². The highest BCUT2D eigenvalue weighted by atomic mass is 16.2. The molecule has 1 aliphatic heterocycles. The second kappa shape index (κ2) is 14.1. The van der Waals surface area contributed by atoms with Gasteiger partial charge in [-0.15, -0.1) is 0 Å². The molecule has 1 aromatic heterocycles. The highest BCUT2D eigenvalue weighted by Gasteiger charge is 2.31. The molecule has 1 fully saturated rings. The van der Waals surface area contributed by atoms with Crippen molar-refractivity contribution in [3.05, 3.63) is 96.4 Å². The Morgan fingerprint density at radius 3 is 2.38 bits per heavy atom. The molecule has 45 heavy (non-hydrogen) atoms. The molecule has 9 heteroatoms. The number of rotatable bonds is 11. The topological polar surface area (TPSA) is 122 Å². The van der Waals surface area contributed by atoms with Crippen LogP contribution < -0.4 is 16.4 Å². The third kappa shape index (κ3) is 8.16. The molecule has 236 valence electrons. The van der Waals surface area contributed by atoms with Gasteiger partial charge in [0.15, 0.2) is 5.82 Å². The Labute approximate surface area is 265 Å². The lowest BCUT2D eigenvalue weighted by Crippen LogP contribution is -2.54. The van der Waals surface area contributed by atoms with Crippen molar-refractivity contribution < 1.29 is 14.4 Å². The zero-order valence-electron chi connectivity index (χ0n) is 26.4. The summed E-state index contributed by atoms with van der Waals surface area (Å²) >= 11 is 0. The van der Waals surface area contributed by atoms with Gasteiger partial charge in [0.05, 0.1) is 11.9 Å². The van der Waals surface area contributed by atoms with E-state index in [1.807, 2.05) is 71.6 Å². The van der Waals surface area contributed by atoms with Gasteiger partial charge in [0, 0.05) is 19.3 Å². The van der Waals surface area contributed by atoms with Gasteiger partial charge in [0.1, 0.15) is 12.1 Å². The SMILES string of the molecule is CC1CCN(C(=O)C(c2ccc3ccccc3c2)n2cnc(NC(=O)[C@@H](CCCc3ccccc3)NC(=O)C(C)(C)N)c2)CC1. The number of fused-ring (bicyclic) bond motifs is 1. The number of aromatic nitrogens is 2. The van der Waals surface area contributed by atoms with E-state index in [0.29, 0.717) is 37.7 Å². The molecule has 0 spiro atoms. The second-order valence-electron chi connectivity index (χ2n) is 12.8. The molecular weight excluding hydrogens is 564 g/mol. The fourth-order valence-electron chi connectivity index (χ4n) is 5.75. The van der Waals surface area contributed by atoms with Gasteiger partial charge in [-0.05, 0) is 79.8 Å². The van der Waals surface area contributed by atoms with Crippen LogP contribution in [0.3, 0.4) is 0 Å². The van der Waals surface area contributed by atoms with Crippen LogP contribution in [0.4, 0.5) is 5.82 Å². The molecule has 1 aliphatic rings. The molecule has 4 N–H and O–H groups in total. The quantitative estimate of drug-likeness (QED) is 0.220. The Morgan fingerprint density at radius 2 is 1.67 bits per heavy atom. The highest BCUT2D eigenvalue weighted by molar-refractivity contribution is 5.98. The molecule has 9 nitrogen and oxygen atoms in total. The van der Waals surface area contributed by atoms with Gasteiger partial charge in [-0.3, -0.25) is 14.4 Å². The summed E-state index contributed by atoms with van der Waals surface area (Å²) in [5, 5.41) is 7.85. The van der Waals surface area contributed by atoms with Crippen molar-refractivity contribution in [2.75, 3.05) is 18.4 Å². The summed E-state index contributed by atoms with van der Waals surface area (Å²) in [6.45, 7) is 6.86. The van der Waals surface area contributed by atoms with Crippen molar-refractivity contribution >= 4 is 34.3 Å². The van der Waals surface area contributed by atoms with E-state index in [2.05, 4.69) is 28.6 Å². The average molecular weight is 609 g/mol. The number of imidazole rings is 1. The number of hydrogen-bond donors (Lipinski definition) is 3. The Hall–Kier alpha value is -4.50. The van der Waals surface area contributed by atoms with Crippen molar-refractivity contribution in [2.24, 2.45) is 11.7 Å². The Morgan fingerprint density at radius 1 is 0.978 bits per heavy atom. The van der Waals surface area contributed by atoms with E-state index in [1.165, 1.54) is 0 Å². The summed E-state index contributed by atoms with van der Waals surface area (Å²) in [7, 11) is 0. The molecular formula is C36H44N6O3. The van der Waals surface area contributed by atoms with E-state index in [1.54, 1.807) is 30.9 Å².